The number of anilines is 6. The second-order valence-corrected chi connectivity index (χ2v) is 10.8. The summed E-state index contributed by atoms with van der Waals surface area (Å²) in [6, 6.07) is 51.0. The Morgan fingerprint density at radius 2 is 1.19 bits per heavy atom. The van der Waals surface area contributed by atoms with Crippen LogP contribution in [0, 0.1) is 0 Å². The van der Waals surface area contributed by atoms with Gasteiger partial charge in [-0.25, -0.2) is 0 Å². The molecular weight excluding hydrogens is 526 g/mol. The number of benzene rings is 6. The molecule has 0 aliphatic carbocycles. The maximum atomic E-state index is 6.87. The molecule has 202 valence electrons. The van der Waals surface area contributed by atoms with Crippen LogP contribution in [0.3, 0.4) is 0 Å². The Hall–Kier alpha value is -5.87. The molecule has 0 bridgehead atoms. The third-order valence-electron chi connectivity index (χ3n) is 8.41. The van der Waals surface area contributed by atoms with Crippen LogP contribution in [0.1, 0.15) is 0 Å². The summed E-state index contributed by atoms with van der Waals surface area (Å²) in [5.41, 5.74) is 10.8. The minimum absolute atomic E-state index is 0.828. The van der Waals surface area contributed by atoms with Gasteiger partial charge in [0.2, 0.25) is 0 Å². The first-order valence-electron chi connectivity index (χ1n) is 14.5. The number of para-hydroxylation sites is 3. The van der Waals surface area contributed by atoms with Crippen LogP contribution in [0.5, 0.6) is 11.5 Å². The van der Waals surface area contributed by atoms with Gasteiger partial charge in [-0.1, -0.05) is 78.9 Å². The summed E-state index contributed by atoms with van der Waals surface area (Å²) in [6.07, 6.45) is 1.83. The van der Waals surface area contributed by atoms with Crippen molar-refractivity contribution in [1.82, 2.24) is 4.98 Å². The van der Waals surface area contributed by atoms with Crippen molar-refractivity contribution in [3.8, 4) is 33.9 Å². The van der Waals surface area contributed by atoms with E-state index in [-0.39, 0.29) is 0 Å². The Morgan fingerprint density at radius 3 is 2.02 bits per heavy atom. The van der Waals surface area contributed by atoms with Gasteiger partial charge >= 0.3 is 0 Å². The van der Waals surface area contributed by atoms with Crippen molar-refractivity contribution < 1.29 is 4.74 Å². The summed E-state index contributed by atoms with van der Waals surface area (Å²) >= 11 is 0. The molecule has 0 unspecified atom stereocenters. The van der Waals surface area contributed by atoms with Crippen LogP contribution in [-0.2, 0) is 0 Å². The highest BCUT2D eigenvalue weighted by atomic mass is 16.5. The molecular formula is C39H25N3O. The van der Waals surface area contributed by atoms with Gasteiger partial charge in [-0.15, -0.1) is 0 Å². The molecule has 0 amide bonds. The maximum Gasteiger partial charge on any atom is 0.161 e. The van der Waals surface area contributed by atoms with Crippen LogP contribution in [-0.4, -0.2) is 4.98 Å². The predicted octanol–water partition coefficient (Wildman–Crippen LogP) is 10.9. The van der Waals surface area contributed by atoms with Gasteiger partial charge in [0.25, 0.3) is 0 Å². The lowest BCUT2D eigenvalue weighted by Crippen LogP contribution is -2.19. The average Bonchev–Trinajstić information content (AvgIpc) is 3.08. The Kier molecular flexibility index (Phi) is 5.16. The van der Waals surface area contributed by atoms with Crippen LogP contribution >= 0.6 is 0 Å². The summed E-state index contributed by atoms with van der Waals surface area (Å²) in [7, 11) is 0. The fraction of sp³-hybridized carbons (Fsp3) is 0. The second-order valence-electron chi connectivity index (χ2n) is 10.8. The molecule has 0 spiro atoms. The number of ether oxygens (including phenoxy) is 1. The lowest BCUT2D eigenvalue weighted by atomic mass is 9.89. The monoisotopic (exact) mass is 551 g/mol. The zero-order valence-electron chi connectivity index (χ0n) is 23.2. The SMILES string of the molecule is c1ccc(N2c3ccc4c(c3-c3cccc5cccc2c35)Oc2ccccc2N4c2ccc(-c3ccccn3)cc2)cc1. The van der Waals surface area contributed by atoms with Gasteiger partial charge in [0.05, 0.1) is 34.0 Å². The topological polar surface area (TPSA) is 28.6 Å². The van der Waals surface area contributed by atoms with E-state index >= 15 is 0 Å². The number of aromatic nitrogens is 1. The van der Waals surface area contributed by atoms with E-state index in [1.807, 2.05) is 30.5 Å². The number of hydrogen-bond donors (Lipinski definition) is 0. The van der Waals surface area contributed by atoms with E-state index in [1.54, 1.807) is 0 Å². The summed E-state index contributed by atoms with van der Waals surface area (Å²) in [5.74, 6) is 1.68. The third-order valence-corrected chi connectivity index (χ3v) is 8.41. The quantitative estimate of drug-likeness (QED) is 0.218. The Labute approximate surface area is 249 Å². The van der Waals surface area contributed by atoms with Crippen molar-refractivity contribution in [2.24, 2.45) is 0 Å². The van der Waals surface area contributed by atoms with Crippen LogP contribution in [0.15, 0.2) is 152 Å². The molecule has 4 heteroatoms. The highest BCUT2D eigenvalue weighted by molar-refractivity contribution is 6.16. The molecule has 2 aliphatic rings. The van der Waals surface area contributed by atoms with Crippen LogP contribution in [0.25, 0.3) is 33.2 Å². The van der Waals surface area contributed by atoms with Crippen molar-refractivity contribution in [3.05, 3.63) is 152 Å². The van der Waals surface area contributed by atoms with E-state index in [1.165, 1.54) is 22.0 Å². The molecule has 0 saturated heterocycles. The molecule has 0 N–H and O–H groups in total. The molecule has 1 aromatic heterocycles. The summed E-state index contributed by atoms with van der Waals surface area (Å²) < 4.78 is 6.87. The summed E-state index contributed by atoms with van der Waals surface area (Å²) in [4.78, 5) is 9.21. The number of hydrogen-bond acceptors (Lipinski definition) is 4. The molecule has 6 aromatic carbocycles. The van der Waals surface area contributed by atoms with Crippen molar-refractivity contribution >= 4 is 44.9 Å². The number of nitrogens with zero attached hydrogens (tertiary/aromatic N) is 3. The first-order chi connectivity index (χ1) is 21.3. The fourth-order valence-electron chi connectivity index (χ4n) is 6.55. The molecule has 43 heavy (non-hydrogen) atoms. The van der Waals surface area contributed by atoms with Gasteiger partial charge in [0, 0.05) is 28.5 Å². The van der Waals surface area contributed by atoms with Crippen molar-refractivity contribution in [1.29, 1.82) is 0 Å². The van der Waals surface area contributed by atoms with Crippen molar-refractivity contribution in [3.63, 3.8) is 0 Å². The molecule has 0 fully saturated rings. The molecule has 0 atom stereocenters. The highest BCUT2D eigenvalue weighted by Crippen LogP contribution is 2.60. The third kappa shape index (κ3) is 3.60. The molecule has 2 aliphatic heterocycles. The van der Waals surface area contributed by atoms with Gasteiger partial charge in [-0.2, -0.15) is 0 Å². The van der Waals surface area contributed by atoms with Gasteiger partial charge in [-0.05, 0) is 77.7 Å². The second kappa shape index (κ2) is 9.33. The van der Waals surface area contributed by atoms with E-state index in [0.29, 0.717) is 0 Å². The van der Waals surface area contributed by atoms with Crippen molar-refractivity contribution in [2.45, 2.75) is 0 Å². The molecule has 3 heterocycles. The lowest BCUT2D eigenvalue weighted by molar-refractivity contribution is 0.479. The van der Waals surface area contributed by atoms with E-state index < -0.39 is 0 Å². The zero-order valence-corrected chi connectivity index (χ0v) is 23.2. The van der Waals surface area contributed by atoms with Crippen LogP contribution in [0.2, 0.25) is 0 Å². The van der Waals surface area contributed by atoms with E-state index in [0.717, 1.165) is 56.8 Å². The first kappa shape index (κ1) is 23.8. The van der Waals surface area contributed by atoms with Crippen LogP contribution in [0.4, 0.5) is 34.1 Å². The normalized spacial score (nSPS) is 12.7. The van der Waals surface area contributed by atoms with Crippen LogP contribution < -0.4 is 14.5 Å². The molecule has 4 nitrogen and oxygen atoms in total. The van der Waals surface area contributed by atoms with E-state index in [9.17, 15) is 0 Å². The fourth-order valence-corrected chi connectivity index (χ4v) is 6.55. The minimum atomic E-state index is 0.828. The van der Waals surface area contributed by atoms with Gasteiger partial charge in [0.15, 0.2) is 11.5 Å². The Balaban J connectivity index is 1.30. The summed E-state index contributed by atoms with van der Waals surface area (Å²) in [5, 5.41) is 2.43. The van der Waals surface area contributed by atoms with E-state index in [2.05, 4.69) is 136 Å². The predicted molar refractivity (Wildman–Crippen MR) is 176 cm³/mol. The largest absolute Gasteiger partial charge is 0.452 e. The standard InChI is InChI=1S/C39H25N3O/c1-2-12-28(13-3-1)42-33-17-9-11-27-10-8-14-30(37(27)33)38-34(42)23-24-35-39(38)43-36-18-5-4-16-32(36)41(35)29-21-19-26(20-22-29)31-15-6-7-25-40-31/h1-25H. The first-order valence-corrected chi connectivity index (χ1v) is 14.5. The zero-order chi connectivity index (χ0) is 28.3. The van der Waals surface area contributed by atoms with Gasteiger partial charge < -0.3 is 14.5 Å². The summed E-state index contributed by atoms with van der Waals surface area (Å²) in [6.45, 7) is 0. The van der Waals surface area contributed by atoms with Gasteiger partial charge in [-0.3, -0.25) is 4.98 Å². The van der Waals surface area contributed by atoms with Gasteiger partial charge in [0.1, 0.15) is 0 Å². The number of fused-ring (bicyclic) bond motifs is 5. The van der Waals surface area contributed by atoms with Crippen molar-refractivity contribution in [2.75, 3.05) is 9.80 Å². The maximum absolute atomic E-state index is 6.87. The Bertz CT molecular complexity index is 2150. The molecule has 0 radical (unpaired) electrons. The lowest BCUT2D eigenvalue weighted by Gasteiger charge is -2.38. The molecule has 7 aromatic rings. The minimum Gasteiger partial charge on any atom is -0.452 e. The average molecular weight is 552 g/mol. The highest BCUT2D eigenvalue weighted by Gasteiger charge is 2.34. The smallest absolute Gasteiger partial charge is 0.161 e. The molecule has 0 saturated carbocycles. The number of pyridine rings is 1. The van der Waals surface area contributed by atoms with E-state index in [4.69, 9.17) is 4.74 Å². The number of rotatable bonds is 3. The molecule has 9 rings (SSSR count). The Morgan fingerprint density at radius 1 is 0.488 bits per heavy atom.